The van der Waals surface area contributed by atoms with Crippen molar-refractivity contribution < 1.29 is 9.53 Å². The number of benzene rings is 2. The maximum atomic E-state index is 11.4. The zero-order valence-corrected chi connectivity index (χ0v) is 19.1. The van der Waals surface area contributed by atoms with Crippen molar-refractivity contribution in [2.45, 2.75) is 16.8 Å². The Balaban J connectivity index is 1.75. The van der Waals surface area contributed by atoms with Gasteiger partial charge in [-0.1, -0.05) is 30.3 Å². The standard InChI is InChI=1S/C22H23N5O2S2/c1-5-20(28)24-15-6-9-17(10-7-15)31-21-14(2)13-23-22(26-21)25-16-8-11-19(29-3)18(12-16)27-30-4/h5-13,27H,1H2,2-4H3,(H,24,28)(H,23,25,26). The molecule has 0 aliphatic carbocycles. The van der Waals surface area contributed by atoms with Gasteiger partial charge in [-0.05, 0) is 55.5 Å². The molecule has 0 bridgehead atoms. The minimum Gasteiger partial charge on any atom is -0.495 e. The minimum absolute atomic E-state index is 0.239. The maximum absolute atomic E-state index is 11.4. The van der Waals surface area contributed by atoms with E-state index in [-0.39, 0.29) is 5.91 Å². The minimum atomic E-state index is -0.239. The first-order chi connectivity index (χ1) is 15.0. The predicted molar refractivity (Wildman–Crippen MR) is 130 cm³/mol. The molecule has 3 rings (SSSR count). The van der Waals surface area contributed by atoms with Gasteiger partial charge in [0.25, 0.3) is 0 Å². The number of nitrogens with one attached hydrogen (secondary N) is 3. The van der Waals surface area contributed by atoms with Crippen LogP contribution in [-0.2, 0) is 4.79 Å². The average Bonchev–Trinajstić information content (AvgIpc) is 2.78. The van der Waals surface area contributed by atoms with Crippen LogP contribution in [0.2, 0.25) is 0 Å². The number of ether oxygens (including phenoxy) is 1. The summed E-state index contributed by atoms with van der Waals surface area (Å²) in [6.07, 6.45) is 4.98. The van der Waals surface area contributed by atoms with E-state index in [9.17, 15) is 4.79 Å². The van der Waals surface area contributed by atoms with Crippen molar-refractivity contribution in [2.24, 2.45) is 0 Å². The molecular formula is C22H23N5O2S2. The van der Waals surface area contributed by atoms with Gasteiger partial charge in [0.15, 0.2) is 0 Å². The first kappa shape index (κ1) is 22.5. The van der Waals surface area contributed by atoms with Gasteiger partial charge in [0.2, 0.25) is 11.9 Å². The molecule has 0 atom stereocenters. The van der Waals surface area contributed by atoms with Crippen LogP contribution in [-0.4, -0.2) is 29.2 Å². The van der Waals surface area contributed by atoms with E-state index in [4.69, 9.17) is 4.74 Å². The molecule has 1 aromatic heterocycles. The Hall–Kier alpha value is -3.17. The van der Waals surface area contributed by atoms with Crippen LogP contribution in [0.3, 0.4) is 0 Å². The maximum Gasteiger partial charge on any atom is 0.247 e. The van der Waals surface area contributed by atoms with Crippen LogP contribution in [0.5, 0.6) is 5.75 Å². The number of methoxy groups -OCH3 is 1. The highest BCUT2D eigenvalue weighted by Crippen LogP contribution is 2.32. The average molecular weight is 454 g/mol. The summed E-state index contributed by atoms with van der Waals surface area (Å²) < 4.78 is 8.58. The highest BCUT2D eigenvalue weighted by Gasteiger charge is 2.09. The number of anilines is 4. The molecular weight excluding hydrogens is 430 g/mol. The van der Waals surface area contributed by atoms with Gasteiger partial charge in [0.1, 0.15) is 10.8 Å². The molecule has 3 N–H and O–H groups in total. The summed E-state index contributed by atoms with van der Waals surface area (Å²) in [6, 6.07) is 13.3. The third-order valence-corrected chi connectivity index (χ3v) is 5.65. The number of carbonyl (C=O) groups excluding carboxylic acids is 1. The van der Waals surface area contributed by atoms with E-state index in [2.05, 4.69) is 31.9 Å². The van der Waals surface area contributed by atoms with Gasteiger partial charge in [-0.3, -0.25) is 4.79 Å². The normalized spacial score (nSPS) is 10.3. The van der Waals surface area contributed by atoms with E-state index in [1.54, 1.807) is 13.3 Å². The fourth-order valence-corrected chi connectivity index (χ4v) is 3.83. The van der Waals surface area contributed by atoms with Crippen molar-refractivity contribution >= 4 is 52.6 Å². The lowest BCUT2D eigenvalue weighted by Crippen LogP contribution is -2.06. The van der Waals surface area contributed by atoms with E-state index in [0.29, 0.717) is 11.6 Å². The Labute approximate surface area is 190 Å². The fraction of sp³-hybridized carbons (Fsp3) is 0.136. The molecule has 0 unspecified atom stereocenters. The number of nitrogens with zero attached hydrogens (tertiary/aromatic N) is 2. The number of amides is 1. The molecule has 31 heavy (non-hydrogen) atoms. The van der Waals surface area contributed by atoms with Crippen LogP contribution >= 0.6 is 23.7 Å². The van der Waals surface area contributed by atoms with Gasteiger partial charge >= 0.3 is 0 Å². The molecule has 0 radical (unpaired) electrons. The van der Waals surface area contributed by atoms with Crippen LogP contribution in [0, 0.1) is 6.92 Å². The van der Waals surface area contributed by atoms with Crippen LogP contribution < -0.4 is 20.1 Å². The third kappa shape index (κ3) is 6.16. The molecule has 7 nitrogen and oxygen atoms in total. The monoisotopic (exact) mass is 453 g/mol. The van der Waals surface area contributed by atoms with Gasteiger partial charge < -0.3 is 20.1 Å². The number of hydrogen-bond acceptors (Lipinski definition) is 8. The summed E-state index contributed by atoms with van der Waals surface area (Å²) in [5, 5.41) is 6.83. The van der Waals surface area contributed by atoms with Crippen LogP contribution in [0.25, 0.3) is 0 Å². The highest BCUT2D eigenvalue weighted by molar-refractivity contribution is 8.00. The van der Waals surface area contributed by atoms with Crippen LogP contribution in [0.15, 0.2) is 71.2 Å². The molecule has 0 fully saturated rings. The smallest absolute Gasteiger partial charge is 0.247 e. The number of rotatable bonds is 9. The molecule has 3 aromatic rings. The summed E-state index contributed by atoms with van der Waals surface area (Å²) in [5.41, 5.74) is 3.40. The molecule has 1 heterocycles. The summed E-state index contributed by atoms with van der Waals surface area (Å²) in [5.74, 6) is 1.02. The number of aryl methyl sites for hydroxylation is 1. The molecule has 0 aliphatic heterocycles. The molecule has 9 heteroatoms. The second kappa shape index (κ2) is 10.7. The topological polar surface area (TPSA) is 88.2 Å². The first-order valence-electron chi connectivity index (χ1n) is 9.31. The third-order valence-electron chi connectivity index (χ3n) is 4.11. The van der Waals surface area contributed by atoms with E-state index >= 15 is 0 Å². The Morgan fingerprint density at radius 3 is 2.58 bits per heavy atom. The number of carbonyl (C=O) groups is 1. The van der Waals surface area contributed by atoms with E-state index in [1.165, 1.54) is 29.8 Å². The molecule has 160 valence electrons. The predicted octanol–water partition coefficient (Wildman–Crippen LogP) is 5.50. The van der Waals surface area contributed by atoms with Crippen molar-refractivity contribution in [2.75, 3.05) is 28.7 Å². The summed E-state index contributed by atoms with van der Waals surface area (Å²) in [6.45, 7) is 5.42. The number of hydrogen-bond donors (Lipinski definition) is 3. The fourth-order valence-electron chi connectivity index (χ4n) is 2.61. The van der Waals surface area contributed by atoms with Crippen molar-refractivity contribution in [3.05, 3.63) is 66.9 Å². The summed E-state index contributed by atoms with van der Waals surface area (Å²) >= 11 is 3.02. The Morgan fingerprint density at radius 1 is 1.16 bits per heavy atom. The van der Waals surface area contributed by atoms with Crippen molar-refractivity contribution in [1.29, 1.82) is 0 Å². The second-order valence-electron chi connectivity index (χ2n) is 6.35. The molecule has 0 spiro atoms. The molecule has 2 aromatic carbocycles. The lowest BCUT2D eigenvalue weighted by atomic mass is 10.2. The van der Waals surface area contributed by atoms with Gasteiger partial charge in [0, 0.05) is 34.3 Å². The van der Waals surface area contributed by atoms with Crippen molar-refractivity contribution in [3.8, 4) is 5.75 Å². The zero-order valence-electron chi connectivity index (χ0n) is 17.4. The Kier molecular flexibility index (Phi) is 7.80. The lowest BCUT2D eigenvalue weighted by Gasteiger charge is -2.13. The van der Waals surface area contributed by atoms with Gasteiger partial charge in [-0.2, -0.15) is 0 Å². The molecule has 0 aliphatic rings. The molecule has 0 saturated heterocycles. The van der Waals surface area contributed by atoms with E-state index in [0.717, 1.165) is 32.6 Å². The van der Waals surface area contributed by atoms with E-state index in [1.807, 2.05) is 55.6 Å². The quantitative estimate of drug-likeness (QED) is 0.222. The number of aromatic nitrogens is 2. The van der Waals surface area contributed by atoms with Gasteiger partial charge in [-0.25, -0.2) is 9.97 Å². The van der Waals surface area contributed by atoms with Crippen LogP contribution in [0.4, 0.5) is 23.0 Å². The van der Waals surface area contributed by atoms with E-state index < -0.39 is 0 Å². The first-order valence-corrected chi connectivity index (χ1v) is 11.4. The molecule has 0 saturated carbocycles. The van der Waals surface area contributed by atoms with Gasteiger partial charge in [0.05, 0.1) is 12.8 Å². The van der Waals surface area contributed by atoms with Crippen molar-refractivity contribution in [3.63, 3.8) is 0 Å². The molecule has 1 amide bonds. The Morgan fingerprint density at radius 2 is 1.90 bits per heavy atom. The zero-order chi connectivity index (χ0) is 22.2. The van der Waals surface area contributed by atoms with Crippen molar-refractivity contribution in [1.82, 2.24) is 9.97 Å². The van der Waals surface area contributed by atoms with Gasteiger partial charge in [-0.15, -0.1) is 0 Å². The summed E-state index contributed by atoms with van der Waals surface area (Å²) in [7, 11) is 1.64. The second-order valence-corrected chi connectivity index (χ2v) is 8.02. The lowest BCUT2D eigenvalue weighted by molar-refractivity contribution is -0.111. The highest BCUT2D eigenvalue weighted by atomic mass is 32.2. The Bertz CT molecular complexity index is 1070. The summed E-state index contributed by atoms with van der Waals surface area (Å²) in [4.78, 5) is 21.5. The SMILES string of the molecule is C=CC(=O)Nc1ccc(Sc2nc(Nc3ccc(OC)c(NSC)c3)ncc2C)cc1. The van der Waals surface area contributed by atoms with Crippen LogP contribution in [0.1, 0.15) is 5.56 Å². The largest absolute Gasteiger partial charge is 0.495 e.